The number of hydrogen-bond donors (Lipinski definition) is 1. The number of halogens is 1. The van der Waals surface area contributed by atoms with E-state index in [9.17, 15) is 4.79 Å². The van der Waals surface area contributed by atoms with E-state index in [1.54, 1.807) is 0 Å². The van der Waals surface area contributed by atoms with Gasteiger partial charge < -0.3 is 5.32 Å². The van der Waals surface area contributed by atoms with Crippen LogP contribution >= 0.6 is 15.9 Å². The van der Waals surface area contributed by atoms with Gasteiger partial charge in [0.05, 0.1) is 4.83 Å². The molecule has 2 nitrogen and oxygen atoms in total. The Hall–Kier alpha value is -0.830. The van der Waals surface area contributed by atoms with Crippen LogP contribution in [0.2, 0.25) is 0 Å². The van der Waals surface area contributed by atoms with E-state index >= 15 is 0 Å². The number of rotatable bonds is 4. The van der Waals surface area contributed by atoms with Crippen LogP contribution in [0, 0.1) is 12.8 Å². The van der Waals surface area contributed by atoms with Crippen LogP contribution in [-0.2, 0) is 4.79 Å². The topological polar surface area (TPSA) is 29.1 Å². The molecule has 88 valence electrons. The number of anilines is 1. The van der Waals surface area contributed by atoms with Gasteiger partial charge in [-0.2, -0.15) is 0 Å². The van der Waals surface area contributed by atoms with Crippen molar-refractivity contribution in [3.8, 4) is 0 Å². The molecule has 16 heavy (non-hydrogen) atoms. The van der Waals surface area contributed by atoms with E-state index in [-0.39, 0.29) is 10.7 Å². The molecule has 3 heteroatoms. The quantitative estimate of drug-likeness (QED) is 0.838. The van der Waals surface area contributed by atoms with Crippen molar-refractivity contribution < 1.29 is 4.79 Å². The third kappa shape index (κ3) is 4.35. The molecule has 1 unspecified atom stereocenters. The molecule has 0 saturated heterocycles. The molecule has 1 aromatic carbocycles. The number of alkyl halides is 1. The summed E-state index contributed by atoms with van der Waals surface area (Å²) in [5.41, 5.74) is 2.04. The van der Waals surface area contributed by atoms with E-state index in [0.29, 0.717) is 5.92 Å². The van der Waals surface area contributed by atoms with E-state index in [2.05, 4.69) is 35.1 Å². The van der Waals surface area contributed by atoms with Crippen LogP contribution in [0.15, 0.2) is 24.3 Å². The number of nitrogens with one attached hydrogen (secondary N) is 1. The Labute approximate surface area is 106 Å². The van der Waals surface area contributed by atoms with Gasteiger partial charge in [-0.15, -0.1) is 0 Å². The van der Waals surface area contributed by atoms with Gasteiger partial charge in [0.25, 0.3) is 0 Å². The molecule has 0 aliphatic carbocycles. The van der Waals surface area contributed by atoms with Gasteiger partial charge in [-0.1, -0.05) is 47.5 Å². The fourth-order valence-corrected chi connectivity index (χ4v) is 2.24. The first kappa shape index (κ1) is 13.2. The van der Waals surface area contributed by atoms with Gasteiger partial charge >= 0.3 is 0 Å². The first-order valence-corrected chi connectivity index (χ1v) is 6.42. The van der Waals surface area contributed by atoms with Gasteiger partial charge in [-0.05, 0) is 31.4 Å². The zero-order valence-corrected chi connectivity index (χ0v) is 11.5. The molecule has 0 saturated carbocycles. The molecule has 0 bridgehead atoms. The summed E-state index contributed by atoms with van der Waals surface area (Å²) < 4.78 is 0. The van der Waals surface area contributed by atoms with Gasteiger partial charge in [0.2, 0.25) is 5.91 Å². The Bertz CT molecular complexity index is 345. The number of carbonyl (C=O) groups is 1. The molecule has 0 fully saturated rings. The average molecular weight is 284 g/mol. The normalized spacial score (nSPS) is 12.6. The van der Waals surface area contributed by atoms with Crippen molar-refractivity contribution >= 4 is 27.5 Å². The van der Waals surface area contributed by atoms with E-state index in [1.807, 2.05) is 31.2 Å². The summed E-state index contributed by atoms with van der Waals surface area (Å²) in [6.45, 7) is 6.23. The Morgan fingerprint density at radius 3 is 2.38 bits per heavy atom. The van der Waals surface area contributed by atoms with Crippen LogP contribution in [0.3, 0.4) is 0 Å². The summed E-state index contributed by atoms with van der Waals surface area (Å²) >= 11 is 3.40. The Morgan fingerprint density at radius 1 is 1.31 bits per heavy atom. The second-order valence-corrected chi connectivity index (χ2v) is 5.56. The van der Waals surface area contributed by atoms with Crippen molar-refractivity contribution in [2.24, 2.45) is 5.92 Å². The van der Waals surface area contributed by atoms with Crippen LogP contribution in [0.4, 0.5) is 5.69 Å². The number of carbonyl (C=O) groups excluding carboxylic acids is 1. The number of benzene rings is 1. The van der Waals surface area contributed by atoms with Crippen molar-refractivity contribution in [2.75, 3.05) is 5.32 Å². The monoisotopic (exact) mass is 283 g/mol. The predicted molar refractivity (Wildman–Crippen MR) is 72.0 cm³/mol. The largest absolute Gasteiger partial charge is 0.325 e. The fraction of sp³-hybridized carbons (Fsp3) is 0.462. The van der Waals surface area contributed by atoms with Crippen LogP contribution in [0.1, 0.15) is 25.8 Å². The minimum atomic E-state index is -0.117. The molecule has 0 aromatic heterocycles. The molecular weight excluding hydrogens is 266 g/mol. The third-order valence-electron chi connectivity index (χ3n) is 2.28. The highest BCUT2D eigenvalue weighted by Gasteiger charge is 2.15. The third-order valence-corrected chi connectivity index (χ3v) is 3.07. The summed E-state index contributed by atoms with van der Waals surface area (Å²) in [4.78, 5) is 11.7. The highest BCUT2D eigenvalue weighted by molar-refractivity contribution is 9.10. The lowest BCUT2D eigenvalue weighted by Gasteiger charge is -2.12. The van der Waals surface area contributed by atoms with E-state index < -0.39 is 0 Å². The lowest BCUT2D eigenvalue weighted by atomic mass is 10.1. The second-order valence-electron chi connectivity index (χ2n) is 4.45. The summed E-state index contributed by atoms with van der Waals surface area (Å²) in [5.74, 6) is 0.533. The Kier molecular flexibility index (Phi) is 5.00. The second kappa shape index (κ2) is 6.04. The zero-order valence-electron chi connectivity index (χ0n) is 9.96. The highest BCUT2D eigenvalue weighted by atomic mass is 79.9. The predicted octanol–water partition coefficient (Wildman–Crippen LogP) is 3.74. The van der Waals surface area contributed by atoms with Crippen molar-refractivity contribution in [1.82, 2.24) is 0 Å². The van der Waals surface area contributed by atoms with Crippen molar-refractivity contribution in [3.63, 3.8) is 0 Å². The lowest BCUT2D eigenvalue weighted by molar-refractivity contribution is -0.115. The molecule has 0 aliphatic rings. The molecule has 0 aliphatic heterocycles. The Morgan fingerprint density at radius 2 is 1.88 bits per heavy atom. The van der Waals surface area contributed by atoms with Gasteiger partial charge in [-0.25, -0.2) is 0 Å². The number of hydrogen-bond acceptors (Lipinski definition) is 1. The molecular formula is C13H18BrNO. The maximum atomic E-state index is 11.8. The molecule has 1 N–H and O–H groups in total. The van der Waals surface area contributed by atoms with Crippen LogP contribution in [0.5, 0.6) is 0 Å². The van der Waals surface area contributed by atoms with Gasteiger partial charge in [0, 0.05) is 5.69 Å². The average Bonchev–Trinajstić information content (AvgIpc) is 2.20. The van der Waals surface area contributed by atoms with Crippen molar-refractivity contribution in [2.45, 2.75) is 32.0 Å². The molecule has 0 heterocycles. The van der Waals surface area contributed by atoms with E-state index in [0.717, 1.165) is 12.1 Å². The smallest absolute Gasteiger partial charge is 0.238 e. The first-order chi connectivity index (χ1) is 7.49. The molecule has 0 radical (unpaired) electrons. The molecule has 1 aromatic rings. The summed E-state index contributed by atoms with van der Waals surface area (Å²) in [7, 11) is 0. The minimum Gasteiger partial charge on any atom is -0.325 e. The van der Waals surface area contributed by atoms with Crippen LogP contribution in [0.25, 0.3) is 0 Å². The number of aryl methyl sites for hydroxylation is 1. The highest BCUT2D eigenvalue weighted by Crippen LogP contribution is 2.16. The van der Waals surface area contributed by atoms with Gasteiger partial charge in [-0.3, -0.25) is 4.79 Å². The first-order valence-electron chi connectivity index (χ1n) is 5.50. The van der Waals surface area contributed by atoms with Gasteiger partial charge in [0.1, 0.15) is 0 Å². The lowest BCUT2D eigenvalue weighted by Crippen LogP contribution is -2.24. The summed E-state index contributed by atoms with van der Waals surface area (Å²) in [5, 5.41) is 2.89. The maximum absolute atomic E-state index is 11.8. The van der Waals surface area contributed by atoms with Crippen LogP contribution < -0.4 is 5.32 Å². The SMILES string of the molecule is Cc1ccc(NC(=O)C(Br)CC(C)C)cc1. The molecule has 1 atom stereocenters. The minimum absolute atomic E-state index is 0.0255. The van der Waals surface area contributed by atoms with Crippen molar-refractivity contribution in [1.29, 1.82) is 0 Å². The number of amides is 1. The molecule has 1 rings (SSSR count). The van der Waals surface area contributed by atoms with Crippen molar-refractivity contribution in [3.05, 3.63) is 29.8 Å². The summed E-state index contributed by atoms with van der Waals surface area (Å²) in [6, 6.07) is 7.81. The zero-order chi connectivity index (χ0) is 12.1. The van der Waals surface area contributed by atoms with E-state index in [1.165, 1.54) is 5.56 Å². The van der Waals surface area contributed by atoms with E-state index in [4.69, 9.17) is 0 Å². The standard InChI is InChI=1S/C13H18BrNO/c1-9(2)8-12(14)13(16)15-11-6-4-10(3)5-7-11/h4-7,9,12H,8H2,1-3H3,(H,15,16). The fourth-order valence-electron chi connectivity index (χ4n) is 1.38. The maximum Gasteiger partial charge on any atom is 0.238 e. The Balaban J connectivity index is 2.54. The van der Waals surface area contributed by atoms with Crippen LogP contribution in [-0.4, -0.2) is 10.7 Å². The molecule has 1 amide bonds. The summed E-state index contributed by atoms with van der Waals surface area (Å²) in [6.07, 6.45) is 0.845. The van der Waals surface area contributed by atoms with Gasteiger partial charge in [0.15, 0.2) is 0 Å². The molecule has 0 spiro atoms.